The van der Waals surface area contributed by atoms with Gasteiger partial charge in [0.2, 0.25) is 0 Å². The molecule has 0 radical (unpaired) electrons. The number of amides is 2. The number of carbonyl (C=O) groups excluding carboxylic acids is 1. The number of ether oxygens (including phenoxy) is 1. The minimum Gasteiger partial charge on any atom is -0.496 e. The van der Waals surface area contributed by atoms with E-state index in [1.165, 1.54) is 0 Å². The van der Waals surface area contributed by atoms with Crippen molar-refractivity contribution in [2.24, 2.45) is 5.73 Å². The predicted molar refractivity (Wildman–Crippen MR) is 88.2 cm³/mol. The van der Waals surface area contributed by atoms with Gasteiger partial charge >= 0.3 is 6.03 Å². The Labute approximate surface area is 132 Å². The fourth-order valence-electron chi connectivity index (χ4n) is 3.14. The van der Waals surface area contributed by atoms with Gasteiger partial charge in [-0.25, -0.2) is 4.79 Å². The molecular weight excluding hydrogens is 278 g/mol. The van der Waals surface area contributed by atoms with Crippen molar-refractivity contribution in [1.82, 2.24) is 10.2 Å². The van der Waals surface area contributed by atoms with Crippen LogP contribution in [0, 0.1) is 0 Å². The maximum Gasteiger partial charge on any atom is 0.317 e. The van der Waals surface area contributed by atoms with Gasteiger partial charge in [-0.05, 0) is 32.8 Å². The van der Waals surface area contributed by atoms with Gasteiger partial charge in [0.25, 0.3) is 0 Å². The standard InChI is InChI=1S/C17H27N3O2/c1-13(2)19-16(21)20-10-8-17(12-18,9-11-20)14-6-4-5-7-15(14)22-3/h4-7,13H,8-12,18H2,1-3H3,(H,19,21). The Kier molecular flexibility index (Phi) is 5.29. The van der Waals surface area contributed by atoms with Crippen LogP contribution >= 0.6 is 0 Å². The second kappa shape index (κ2) is 7.01. The molecule has 1 fully saturated rings. The first-order valence-electron chi connectivity index (χ1n) is 7.91. The van der Waals surface area contributed by atoms with Crippen molar-refractivity contribution in [2.45, 2.75) is 38.1 Å². The monoisotopic (exact) mass is 305 g/mol. The van der Waals surface area contributed by atoms with E-state index in [4.69, 9.17) is 10.5 Å². The number of likely N-dealkylation sites (tertiary alicyclic amines) is 1. The van der Waals surface area contributed by atoms with Crippen LogP contribution in [0.25, 0.3) is 0 Å². The number of para-hydroxylation sites is 1. The molecule has 1 aliphatic heterocycles. The van der Waals surface area contributed by atoms with Crippen molar-refractivity contribution in [3.8, 4) is 5.75 Å². The highest BCUT2D eigenvalue weighted by Crippen LogP contribution is 2.39. The summed E-state index contributed by atoms with van der Waals surface area (Å²) in [6.07, 6.45) is 1.71. The molecule has 5 nitrogen and oxygen atoms in total. The highest BCUT2D eigenvalue weighted by atomic mass is 16.5. The zero-order chi connectivity index (χ0) is 16.2. The molecule has 1 aliphatic rings. The summed E-state index contributed by atoms with van der Waals surface area (Å²) in [6.45, 7) is 5.94. The number of nitrogens with two attached hydrogens (primary N) is 1. The van der Waals surface area contributed by atoms with E-state index in [9.17, 15) is 4.79 Å². The minimum absolute atomic E-state index is 0.0145. The molecule has 0 saturated carbocycles. The van der Waals surface area contributed by atoms with Crippen LogP contribution in [0.4, 0.5) is 4.79 Å². The normalized spacial score (nSPS) is 17.4. The van der Waals surface area contributed by atoms with Crippen LogP contribution in [0.2, 0.25) is 0 Å². The van der Waals surface area contributed by atoms with Crippen LogP contribution in [0.1, 0.15) is 32.3 Å². The van der Waals surface area contributed by atoms with Crippen molar-refractivity contribution in [2.75, 3.05) is 26.7 Å². The molecule has 1 heterocycles. The number of nitrogens with one attached hydrogen (secondary N) is 1. The molecule has 122 valence electrons. The maximum atomic E-state index is 12.1. The molecule has 2 rings (SSSR count). The SMILES string of the molecule is COc1ccccc1C1(CN)CCN(C(=O)NC(C)C)CC1. The summed E-state index contributed by atoms with van der Waals surface area (Å²) in [6, 6.07) is 8.23. The van der Waals surface area contributed by atoms with E-state index in [0.717, 1.165) is 24.2 Å². The van der Waals surface area contributed by atoms with Gasteiger partial charge in [0, 0.05) is 36.7 Å². The molecule has 22 heavy (non-hydrogen) atoms. The second-order valence-corrected chi connectivity index (χ2v) is 6.28. The Hall–Kier alpha value is -1.75. The molecule has 3 N–H and O–H groups in total. The molecule has 5 heteroatoms. The molecule has 0 aromatic heterocycles. The third-order valence-electron chi connectivity index (χ3n) is 4.49. The first-order valence-corrected chi connectivity index (χ1v) is 7.91. The number of rotatable bonds is 4. The number of hydrogen-bond acceptors (Lipinski definition) is 3. The van der Waals surface area contributed by atoms with E-state index in [0.29, 0.717) is 19.6 Å². The Morgan fingerprint density at radius 3 is 2.55 bits per heavy atom. The third kappa shape index (κ3) is 3.35. The maximum absolute atomic E-state index is 12.1. The zero-order valence-electron chi connectivity index (χ0n) is 13.8. The number of benzene rings is 1. The first kappa shape index (κ1) is 16.6. The van der Waals surface area contributed by atoms with Gasteiger partial charge in [-0.15, -0.1) is 0 Å². The average Bonchev–Trinajstić information content (AvgIpc) is 2.54. The third-order valence-corrected chi connectivity index (χ3v) is 4.49. The van der Waals surface area contributed by atoms with E-state index in [-0.39, 0.29) is 17.5 Å². The van der Waals surface area contributed by atoms with Gasteiger partial charge in [0.1, 0.15) is 5.75 Å². The molecule has 0 unspecified atom stereocenters. The first-order chi connectivity index (χ1) is 10.5. The highest BCUT2D eigenvalue weighted by Gasteiger charge is 2.38. The van der Waals surface area contributed by atoms with E-state index in [1.807, 2.05) is 36.9 Å². The molecule has 1 aromatic carbocycles. The molecular formula is C17H27N3O2. The van der Waals surface area contributed by atoms with E-state index < -0.39 is 0 Å². The Bertz CT molecular complexity index is 508. The van der Waals surface area contributed by atoms with Gasteiger partial charge < -0.3 is 20.7 Å². The van der Waals surface area contributed by atoms with E-state index >= 15 is 0 Å². The summed E-state index contributed by atoms with van der Waals surface area (Å²) in [5.74, 6) is 0.882. The molecule has 1 saturated heterocycles. The van der Waals surface area contributed by atoms with Crippen LogP contribution in [0.3, 0.4) is 0 Å². The Morgan fingerprint density at radius 1 is 1.36 bits per heavy atom. The molecule has 0 spiro atoms. The number of hydrogen-bond donors (Lipinski definition) is 2. The van der Waals surface area contributed by atoms with E-state index in [2.05, 4.69) is 11.4 Å². The lowest BCUT2D eigenvalue weighted by molar-refractivity contribution is 0.156. The fourth-order valence-corrected chi connectivity index (χ4v) is 3.14. The summed E-state index contributed by atoms with van der Waals surface area (Å²) in [7, 11) is 1.69. The Balaban J connectivity index is 2.13. The molecule has 0 bridgehead atoms. The van der Waals surface area contributed by atoms with Gasteiger partial charge in [0.15, 0.2) is 0 Å². The van der Waals surface area contributed by atoms with Crippen LogP contribution in [0.5, 0.6) is 5.75 Å². The average molecular weight is 305 g/mol. The van der Waals surface area contributed by atoms with Crippen molar-refractivity contribution in [3.05, 3.63) is 29.8 Å². The molecule has 1 aromatic rings. The van der Waals surface area contributed by atoms with Crippen molar-refractivity contribution in [1.29, 1.82) is 0 Å². The van der Waals surface area contributed by atoms with Crippen LogP contribution < -0.4 is 15.8 Å². The topological polar surface area (TPSA) is 67.6 Å². The van der Waals surface area contributed by atoms with Crippen molar-refractivity contribution in [3.63, 3.8) is 0 Å². The second-order valence-electron chi connectivity index (χ2n) is 6.28. The molecule has 2 amide bonds. The van der Waals surface area contributed by atoms with Crippen LogP contribution in [0.15, 0.2) is 24.3 Å². The molecule has 0 aliphatic carbocycles. The minimum atomic E-state index is -0.110. The zero-order valence-corrected chi connectivity index (χ0v) is 13.8. The Morgan fingerprint density at radius 2 is 2.00 bits per heavy atom. The summed E-state index contributed by atoms with van der Waals surface area (Å²) in [5, 5.41) is 2.95. The van der Waals surface area contributed by atoms with Crippen LogP contribution in [-0.2, 0) is 5.41 Å². The van der Waals surface area contributed by atoms with Gasteiger partial charge in [-0.1, -0.05) is 18.2 Å². The summed E-state index contributed by atoms with van der Waals surface area (Å²) >= 11 is 0. The van der Waals surface area contributed by atoms with Crippen molar-refractivity contribution >= 4 is 6.03 Å². The van der Waals surface area contributed by atoms with Crippen LogP contribution in [-0.4, -0.2) is 43.7 Å². The summed E-state index contributed by atoms with van der Waals surface area (Å²) in [5.41, 5.74) is 7.17. The molecule has 0 atom stereocenters. The number of methoxy groups -OCH3 is 1. The van der Waals surface area contributed by atoms with Gasteiger partial charge in [-0.3, -0.25) is 0 Å². The smallest absolute Gasteiger partial charge is 0.317 e. The van der Waals surface area contributed by atoms with Gasteiger partial charge in [0.05, 0.1) is 7.11 Å². The van der Waals surface area contributed by atoms with Gasteiger partial charge in [-0.2, -0.15) is 0 Å². The quantitative estimate of drug-likeness (QED) is 0.895. The number of piperidine rings is 1. The number of carbonyl (C=O) groups is 1. The summed E-state index contributed by atoms with van der Waals surface area (Å²) in [4.78, 5) is 14.0. The fraction of sp³-hybridized carbons (Fsp3) is 0.588. The lowest BCUT2D eigenvalue weighted by atomic mass is 9.72. The van der Waals surface area contributed by atoms with Crippen molar-refractivity contribution < 1.29 is 9.53 Å². The number of nitrogens with zero attached hydrogens (tertiary/aromatic N) is 1. The lowest BCUT2D eigenvalue weighted by Gasteiger charge is -2.42. The number of urea groups is 1. The largest absolute Gasteiger partial charge is 0.496 e. The lowest BCUT2D eigenvalue weighted by Crippen LogP contribution is -2.52. The summed E-state index contributed by atoms with van der Waals surface area (Å²) < 4.78 is 5.50. The van der Waals surface area contributed by atoms with E-state index in [1.54, 1.807) is 7.11 Å². The highest BCUT2D eigenvalue weighted by molar-refractivity contribution is 5.74. The predicted octanol–water partition coefficient (Wildman–Crippen LogP) is 2.11.